The molecule has 2 aromatic carbocycles. The molecule has 0 radical (unpaired) electrons. The Morgan fingerprint density at radius 2 is 1.82 bits per heavy atom. The third-order valence-corrected chi connectivity index (χ3v) is 4.03. The zero-order valence-corrected chi connectivity index (χ0v) is 14.3. The number of amides is 1. The van der Waals surface area contributed by atoms with Crippen LogP contribution in [0.4, 0.5) is 5.69 Å². The van der Waals surface area contributed by atoms with Crippen molar-refractivity contribution >= 4 is 46.4 Å². The van der Waals surface area contributed by atoms with E-state index in [2.05, 4.69) is 5.32 Å². The molecular formula is C16H16Cl3N2O+. The number of carbonyl (C=O) groups excluding carboxylic acids is 1. The number of likely N-dealkylation sites (N-methyl/N-ethyl adjacent to an activating group) is 1. The minimum atomic E-state index is -0.117. The van der Waals surface area contributed by atoms with Gasteiger partial charge in [0.2, 0.25) is 0 Å². The Balaban J connectivity index is 1.93. The van der Waals surface area contributed by atoms with Crippen LogP contribution in [-0.2, 0) is 11.3 Å². The van der Waals surface area contributed by atoms with Crippen molar-refractivity contribution in [3.05, 3.63) is 63.1 Å². The Morgan fingerprint density at radius 3 is 2.50 bits per heavy atom. The Hall–Kier alpha value is -1.26. The molecule has 0 aliphatic carbocycles. The average Bonchev–Trinajstić information content (AvgIpc) is 2.44. The third kappa shape index (κ3) is 4.89. The number of hydrogen-bond donors (Lipinski definition) is 2. The quantitative estimate of drug-likeness (QED) is 0.845. The van der Waals surface area contributed by atoms with Crippen molar-refractivity contribution in [2.24, 2.45) is 0 Å². The fraction of sp³-hybridized carbons (Fsp3) is 0.188. The highest BCUT2D eigenvalue weighted by molar-refractivity contribution is 6.36. The van der Waals surface area contributed by atoms with E-state index in [1.165, 1.54) is 0 Å². The van der Waals surface area contributed by atoms with E-state index in [1.54, 1.807) is 18.2 Å². The summed E-state index contributed by atoms with van der Waals surface area (Å²) in [6, 6.07) is 12.6. The van der Waals surface area contributed by atoms with Crippen molar-refractivity contribution in [2.45, 2.75) is 6.54 Å². The standard InChI is InChI=1S/C16H15Cl3N2O/c1-21(9-11-4-2-3-5-13(11)18)10-16(22)20-15-7-6-12(17)8-14(15)19/h2-8H,9-10H2,1H3,(H,20,22)/p+1. The molecule has 22 heavy (non-hydrogen) atoms. The molecule has 0 aliphatic heterocycles. The first kappa shape index (κ1) is 17.1. The Bertz CT molecular complexity index is 676. The van der Waals surface area contributed by atoms with Crippen molar-refractivity contribution in [3.8, 4) is 0 Å². The van der Waals surface area contributed by atoms with E-state index in [4.69, 9.17) is 34.8 Å². The van der Waals surface area contributed by atoms with Crippen LogP contribution in [0.15, 0.2) is 42.5 Å². The van der Waals surface area contributed by atoms with Gasteiger partial charge in [0.1, 0.15) is 6.54 Å². The van der Waals surface area contributed by atoms with Gasteiger partial charge in [0.05, 0.1) is 17.8 Å². The molecule has 0 spiro atoms. The Morgan fingerprint density at radius 1 is 1.09 bits per heavy atom. The van der Waals surface area contributed by atoms with Gasteiger partial charge in [-0.3, -0.25) is 4.79 Å². The molecule has 0 bridgehead atoms. The first-order valence-electron chi connectivity index (χ1n) is 6.75. The third-order valence-electron chi connectivity index (χ3n) is 3.12. The highest BCUT2D eigenvalue weighted by Gasteiger charge is 2.13. The van der Waals surface area contributed by atoms with Crippen LogP contribution in [0.1, 0.15) is 5.56 Å². The highest BCUT2D eigenvalue weighted by Crippen LogP contribution is 2.25. The predicted octanol–water partition coefficient (Wildman–Crippen LogP) is 3.30. The Labute approximate surface area is 144 Å². The molecule has 2 aromatic rings. The first-order chi connectivity index (χ1) is 10.5. The molecule has 2 N–H and O–H groups in total. The highest BCUT2D eigenvalue weighted by atomic mass is 35.5. The molecule has 2 rings (SSSR count). The van der Waals surface area contributed by atoms with Gasteiger partial charge in [0.25, 0.3) is 5.91 Å². The predicted molar refractivity (Wildman–Crippen MR) is 92.0 cm³/mol. The zero-order chi connectivity index (χ0) is 16.1. The summed E-state index contributed by atoms with van der Waals surface area (Å²) < 4.78 is 0. The second-order valence-corrected chi connectivity index (χ2v) is 6.33. The van der Waals surface area contributed by atoms with Crippen LogP contribution in [0, 0.1) is 0 Å². The monoisotopic (exact) mass is 357 g/mol. The van der Waals surface area contributed by atoms with Gasteiger partial charge in [-0.05, 0) is 24.3 Å². The van der Waals surface area contributed by atoms with Gasteiger partial charge in [-0.25, -0.2) is 0 Å². The molecule has 0 saturated carbocycles. The maximum absolute atomic E-state index is 12.1. The van der Waals surface area contributed by atoms with Gasteiger partial charge in [-0.15, -0.1) is 0 Å². The van der Waals surface area contributed by atoms with E-state index >= 15 is 0 Å². The smallest absolute Gasteiger partial charge is 0.279 e. The minimum absolute atomic E-state index is 0.117. The number of nitrogens with one attached hydrogen (secondary N) is 2. The van der Waals surface area contributed by atoms with E-state index in [9.17, 15) is 4.79 Å². The molecule has 0 fully saturated rings. The normalized spacial score (nSPS) is 12.0. The van der Waals surface area contributed by atoms with E-state index in [1.807, 2.05) is 31.3 Å². The van der Waals surface area contributed by atoms with E-state index in [0.29, 0.717) is 33.8 Å². The zero-order valence-electron chi connectivity index (χ0n) is 12.0. The van der Waals surface area contributed by atoms with Gasteiger partial charge < -0.3 is 10.2 Å². The lowest BCUT2D eigenvalue weighted by atomic mass is 10.2. The van der Waals surface area contributed by atoms with Crippen LogP contribution >= 0.6 is 34.8 Å². The van der Waals surface area contributed by atoms with Gasteiger partial charge in [0, 0.05) is 15.6 Å². The van der Waals surface area contributed by atoms with Crippen LogP contribution < -0.4 is 10.2 Å². The second kappa shape index (κ2) is 7.84. The maximum Gasteiger partial charge on any atom is 0.279 e. The molecule has 1 amide bonds. The minimum Gasteiger partial charge on any atom is -0.326 e. The van der Waals surface area contributed by atoms with Crippen LogP contribution in [0.2, 0.25) is 15.1 Å². The number of rotatable bonds is 5. The fourth-order valence-electron chi connectivity index (χ4n) is 2.09. The van der Waals surface area contributed by atoms with Gasteiger partial charge >= 0.3 is 0 Å². The van der Waals surface area contributed by atoms with Crippen LogP contribution in [0.5, 0.6) is 0 Å². The van der Waals surface area contributed by atoms with E-state index in [0.717, 1.165) is 10.5 Å². The molecule has 1 atom stereocenters. The summed E-state index contributed by atoms with van der Waals surface area (Å²) >= 11 is 18.0. The van der Waals surface area contributed by atoms with Crippen LogP contribution in [0.3, 0.4) is 0 Å². The number of halogens is 3. The molecule has 6 heteroatoms. The SMILES string of the molecule is C[NH+](CC(=O)Nc1ccc(Cl)cc1Cl)Cc1ccccc1Cl. The molecule has 3 nitrogen and oxygen atoms in total. The number of carbonyl (C=O) groups is 1. The van der Waals surface area contributed by atoms with Crippen molar-refractivity contribution in [3.63, 3.8) is 0 Å². The lowest BCUT2D eigenvalue weighted by Crippen LogP contribution is -3.08. The average molecular weight is 359 g/mol. The summed E-state index contributed by atoms with van der Waals surface area (Å²) in [6.07, 6.45) is 0. The molecule has 0 heterocycles. The van der Waals surface area contributed by atoms with E-state index < -0.39 is 0 Å². The molecular weight excluding hydrogens is 343 g/mol. The van der Waals surface area contributed by atoms with Crippen molar-refractivity contribution in [2.75, 3.05) is 18.9 Å². The fourth-order valence-corrected chi connectivity index (χ4v) is 2.75. The summed E-state index contributed by atoms with van der Waals surface area (Å²) in [5.41, 5.74) is 1.57. The topological polar surface area (TPSA) is 33.5 Å². The van der Waals surface area contributed by atoms with E-state index in [-0.39, 0.29) is 5.91 Å². The second-order valence-electron chi connectivity index (χ2n) is 5.07. The van der Waals surface area contributed by atoms with Crippen molar-refractivity contribution in [1.29, 1.82) is 0 Å². The van der Waals surface area contributed by atoms with Crippen LogP contribution in [0.25, 0.3) is 0 Å². The van der Waals surface area contributed by atoms with Gasteiger partial charge in [-0.2, -0.15) is 0 Å². The molecule has 116 valence electrons. The molecule has 1 unspecified atom stereocenters. The van der Waals surface area contributed by atoms with Crippen molar-refractivity contribution in [1.82, 2.24) is 0 Å². The van der Waals surface area contributed by atoms with Gasteiger partial charge in [-0.1, -0.05) is 53.0 Å². The Kier molecular flexibility index (Phi) is 6.09. The first-order valence-corrected chi connectivity index (χ1v) is 7.88. The van der Waals surface area contributed by atoms with Crippen molar-refractivity contribution < 1.29 is 9.69 Å². The molecule has 0 aromatic heterocycles. The summed E-state index contributed by atoms with van der Waals surface area (Å²) in [6.45, 7) is 0.978. The van der Waals surface area contributed by atoms with Gasteiger partial charge in [0.15, 0.2) is 6.54 Å². The lowest BCUT2D eigenvalue weighted by molar-refractivity contribution is -0.885. The largest absolute Gasteiger partial charge is 0.326 e. The number of hydrogen-bond acceptors (Lipinski definition) is 1. The van der Waals surface area contributed by atoms with Crippen LogP contribution in [-0.4, -0.2) is 19.5 Å². The summed E-state index contributed by atoms with van der Waals surface area (Å²) in [4.78, 5) is 13.1. The molecule has 0 saturated heterocycles. The maximum atomic E-state index is 12.1. The molecule has 0 aliphatic rings. The number of anilines is 1. The number of benzene rings is 2. The lowest BCUT2D eigenvalue weighted by Gasteiger charge is -2.15. The summed E-state index contributed by atoms with van der Waals surface area (Å²) in [5.74, 6) is -0.117. The summed E-state index contributed by atoms with van der Waals surface area (Å²) in [7, 11) is 1.94. The summed E-state index contributed by atoms with van der Waals surface area (Å²) in [5, 5.41) is 4.45. The number of quaternary nitrogens is 1.